The number of aromatic nitrogens is 3. The zero-order chi connectivity index (χ0) is 34.2. The number of halogens is 2. The van der Waals surface area contributed by atoms with Crippen LogP contribution < -0.4 is 20.9 Å². The molecule has 0 saturated heterocycles. The number of nitrogens with one attached hydrogen (secondary N) is 3. The van der Waals surface area contributed by atoms with Crippen LogP contribution in [0.2, 0.25) is 0 Å². The standard InChI is InChI=1S/C34H32F2N6O6/c1-41(2)29(43)11-4-3-8-26(39-32(45)33-37-14-16-47-33)31(44)40-27-9-6-15-42(34(27)46)19-24-17-21-7-5-10-28(30(21)38-24)48-20-22-12-13-23(35)18-25(22)36/h4-7,9-18,26,38H,3,8,19-20H2,1-2H3,(H,39,45)(H,40,44)/b11-4+/t26-/m0/s1. The number of rotatable bonds is 13. The smallest absolute Gasteiger partial charge is 0.307 e. The molecule has 0 unspecified atom stereocenters. The minimum Gasteiger partial charge on any atom is -0.487 e. The van der Waals surface area contributed by atoms with Gasteiger partial charge in [0.05, 0.1) is 18.3 Å². The Hall–Kier alpha value is -6.05. The number of carbonyl (C=O) groups excluding carboxylic acids is 3. The van der Waals surface area contributed by atoms with Gasteiger partial charge in [0.15, 0.2) is 0 Å². The zero-order valence-electron chi connectivity index (χ0n) is 26.0. The SMILES string of the molecule is CN(C)C(=O)/C=C/CC[C@H](NC(=O)c1ncco1)C(=O)Nc1cccn(Cc2cc3cccc(OCc4ccc(F)cc4F)c3[nH]2)c1=O. The Morgan fingerprint density at radius 1 is 1.12 bits per heavy atom. The van der Waals surface area contributed by atoms with E-state index in [9.17, 15) is 28.0 Å². The van der Waals surface area contributed by atoms with Crippen molar-refractivity contribution in [3.05, 3.63) is 125 Å². The Kier molecular flexibility index (Phi) is 10.4. The predicted octanol–water partition coefficient (Wildman–Crippen LogP) is 4.38. The largest absolute Gasteiger partial charge is 0.487 e. The third-order valence-corrected chi connectivity index (χ3v) is 7.26. The molecule has 0 radical (unpaired) electrons. The monoisotopic (exact) mass is 658 g/mol. The lowest BCUT2D eigenvalue weighted by molar-refractivity contribution is -0.123. The van der Waals surface area contributed by atoms with Gasteiger partial charge in [-0.15, -0.1) is 0 Å². The molecule has 12 nitrogen and oxygen atoms in total. The molecule has 3 N–H and O–H groups in total. The minimum absolute atomic E-state index is 0.0161. The number of anilines is 1. The number of fused-ring (bicyclic) bond motifs is 1. The van der Waals surface area contributed by atoms with Gasteiger partial charge in [0.2, 0.25) is 11.8 Å². The van der Waals surface area contributed by atoms with E-state index in [0.29, 0.717) is 17.0 Å². The van der Waals surface area contributed by atoms with E-state index in [1.807, 2.05) is 12.1 Å². The first-order valence-corrected chi connectivity index (χ1v) is 14.8. The van der Waals surface area contributed by atoms with Crippen molar-refractivity contribution in [3.8, 4) is 5.75 Å². The van der Waals surface area contributed by atoms with Gasteiger partial charge in [0, 0.05) is 43.0 Å². The van der Waals surface area contributed by atoms with Crippen molar-refractivity contribution in [1.29, 1.82) is 0 Å². The summed E-state index contributed by atoms with van der Waals surface area (Å²) in [5, 5.41) is 5.96. The number of hydrogen-bond acceptors (Lipinski definition) is 7. The number of likely N-dealkylation sites (N-methyl/N-ethyl adjacent to an activating group) is 1. The molecule has 48 heavy (non-hydrogen) atoms. The van der Waals surface area contributed by atoms with Crippen LogP contribution in [0.1, 0.15) is 34.8 Å². The number of ether oxygens (including phenoxy) is 1. The maximum absolute atomic E-state index is 14.1. The fraction of sp³-hybridized carbons (Fsp3) is 0.206. The first-order chi connectivity index (χ1) is 23.1. The van der Waals surface area contributed by atoms with Crippen molar-refractivity contribution in [2.45, 2.75) is 32.0 Å². The minimum atomic E-state index is -1.09. The van der Waals surface area contributed by atoms with Crippen LogP contribution in [0.3, 0.4) is 0 Å². The Balaban J connectivity index is 1.29. The highest BCUT2D eigenvalue weighted by Crippen LogP contribution is 2.27. The fourth-order valence-corrected chi connectivity index (χ4v) is 4.77. The lowest BCUT2D eigenvalue weighted by Gasteiger charge is -2.17. The topological polar surface area (TPSA) is 152 Å². The van der Waals surface area contributed by atoms with Crippen LogP contribution in [-0.2, 0) is 22.7 Å². The molecule has 5 aromatic rings. The van der Waals surface area contributed by atoms with Crippen LogP contribution in [0.25, 0.3) is 10.9 Å². The Morgan fingerprint density at radius 3 is 2.71 bits per heavy atom. The summed E-state index contributed by atoms with van der Waals surface area (Å²) < 4.78 is 39.7. The van der Waals surface area contributed by atoms with Gasteiger partial charge in [-0.3, -0.25) is 19.2 Å². The number of H-pyrrole nitrogens is 1. The summed E-state index contributed by atoms with van der Waals surface area (Å²) in [6.45, 7) is -0.0109. The summed E-state index contributed by atoms with van der Waals surface area (Å²) in [5.41, 5.74) is 0.953. The van der Waals surface area contributed by atoms with Gasteiger partial charge in [-0.2, -0.15) is 0 Å². The number of pyridine rings is 1. The van der Waals surface area contributed by atoms with Crippen LogP contribution >= 0.6 is 0 Å². The van der Waals surface area contributed by atoms with Gasteiger partial charge >= 0.3 is 5.91 Å². The quantitative estimate of drug-likeness (QED) is 0.159. The molecule has 0 spiro atoms. The molecule has 5 rings (SSSR count). The van der Waals surface area contributed by atoms with E-state index >= 15 is 0 Å². The van der Waals surface area contributed by atoms with Gasteiger partial charge in [-0.1, -0.05) is 18.2 Å². The molecule has 0 fully saturated rings. The molecule has 3 heterocycles. The van der Waals surface area contributed by atoms with Crippen LogP contribution in [0, 0.1) is 11.6 Å². The first-order valence-electron chi connectivity index (χ1n) is 14.8. The average molecular weight is 659 g/mol. The third-order valence-electron chi connectivity index (χ3n) is 7.26. The maximum atomic E-state index is 14.1. The Bertz CT molecular complexity index is 2020. The van der Waals surface area contributed by atoms with E-state index in [0.717, 1.165) is 17.5 Å². The average Bonchev–Trinajstić information content (AvgIpc) is 3.74. The number of hydrogen-bond donors (Lipinski definition) is 3. The first kappa shape index (κ1) is 33.3. The molecule has 3 aromatic heterocycles. The number of aromatic amines is 1. The molecule has 1 atom stereocenters. The normalized spacial score (nSPS) is 11.8. The van der Waals surface area contributed by atoms with E-state index in [2.05, 4.69) is 20.6 Å². The van der Waals surface area contributed by atoms with E-state index in [1.165, 1.54) is 40.1 Å². The molecule has 0 saturated carbocycles. The second-order valence-corrected chi connectivity index (χ2v) is 11.0. The summed E-state index contributed by atoms with van der Waals surface area (Å²) in [5.74, 6) is -2.79. The highest BCUT2D eigenvalue weighted by Gasteiger charge is 2.24. The molecule has 0 aliphatic rings. The zero-order valence-corrected chi connectivity index (χ0v) is 26.0. The number of amides is 3. The molecular weight excluding hydrogens is 626 g/mol. The summed E-state index contributed by atoms with van der Waals surface area (Å²) in [4.78, 5) is 59.7. The van der Waals surface area contributed by atoms with Crippen molar-refractivity contribution < 1.29 is 32.3 Å². The highest BCUT2D eigenvalue weighted by molar-refractivity contribution is 5.99. The summed E-state index contributed by atoms with van der Waals surface area (Å²) in [7, 11) is 3.22. The van der Waals surface area contributed by atoms with E-state index < -0.39 is 35.0 Å². The summed E-state index contributed by atoms with van der Waals surface area (Å²) in [6, 6.07) is 12.4. The van der Waals surface area contributed by atoms with Crippen LogP contribution in [0.4, 0.5) is 14.5 Å². The van der Waals surface area contributed by atoms with Crippen LogP contribution in [0.15, 0.2) is 94.6 Å². The van der Waals surface area contributed by atoms with Gasteiger partial charge in [-0.05, 0) is 55.3 Å². The maximum Gasteiger partial charge on any atom is 0.307 e. The number of carbonyl (C=O) groups is 3. The van der Waals surface area contributed by atoms with Gasteiger partial charge in [0.1, 0.15) is 42.0 Å². The lowest BCUT2D eigenvalue weighted by Crippen LogP contribution is -2.44. The van der Waals surface area contributed by atoms with Gasteiger partial charge in [-0.25, -0.2) is 13.8 Å². The number of para-hydroxylation sites is 1. The van der Waals surface area contributed by atoms with Crippen molar-refractivity contribution in [1.82, 2.24) is 24.8 Å². The number of benzene rings is 2. The Labute approximate surface area is 273 Å². The second kappa shape index (κ2) is 15.0. The molecule has 0 aliphatic heterocycles. The molecular formula is C34H32F2N6O6. The second-order valence-electron chi connectivity index (χ2n) is 11.0. The predicted molar refractivity (Wildman–Crippen MR) is 172 cm³/mol. The van der Waals surface area contributed by atoms with Gasteiger partial charge < -0.3 is 34.2 Å². The Morgan fingerprint density at radius 2 is 1.96 bits per heavy atom. The van der Waals surface area contributed by atoms with E-state index in [4.69, 9.17) is 9.15 Å². The van der Waals surface area contributed by atoms with Gasteiger partial charge in [0.25, 0.3) is 11.4 Å². The molecule has 2 aromatic carbocycles. The number of allylic oxidation sites excluding steroid dienone is 1. The molecule has 248 valence electrons. The number of oxazole rings is 1. The van der Waals surface area contributed by atoms with Crippen molar-refractivity contribution in [2.24, 2.45) is 0 Å². The highest BCUT2D eigenvalue weighted by atomic mass is 19.1. The van der Waals surface area contributed by atoms with Crippen LogP contribution in [-0.4, -0.2) is 57.3 Å². The lowest BCUT2D eigenvalue weighted by atomic mass is 10.1. The van der Waals surface area contributed by atoms with Crippen LogP contribution in [0.5, 0.6) is 5.75 Å². The van der Waals surface area contributed by atoms with Crippen molar-refractivity contribution in [2.75, 3.05) is 19.4 Å². The summed E-state index contributed by atoms with van der Waals surface area (Å²) >= 11 is 0. The molecule has 14 heteroatoms. The fourth-order valence-electron chi connectivity index (χ4n) is 4.77. The van der Waals surface area contributed by atoms with E-state index in [-0.39, 0.29) is 49.0 Å². The van der Waals surface area contributed by atoms with Crippen molar-refractivity contribution >= 4 is 34.3 Å². The third kappa shape index (κ3) is 8.20. The van der Waals surface area contributed by atoms with Crippen molar-refractivity contribution in [3.63, 3.8) is 0 Å². The summed E-state index contributed by atoms with van der Waals surface area (Å²) in [6.07, 6.45) is 7.42. The molecule has 0 aliphatic carbocycles. The number of nitrogens with zero attached hydrogens (tertiary/aromatic N) is 3. The molecule has 0 bridgehead atoms. The van der Waals surface area contributed by atoms with E-state index in [1.54, 1.807) is 44.6 Å². The molecule has 3 amide bonds.